The lowest BCUT2D eigenvalue weighted by molar-refractivity contribution is 0.0590. The molecule has 4 aliphatic carbocycles. The largest absolute Gasteiger partial charge is 0.465 e. The first-order valence-electron chi connectivity index (χ1n) is 12.0. The Morgan fingerprint density at radius 2 is 0.938 bits per heavy atom. The summed E-state index contributed by atoms with van der Waals surface area (Å²) >= 11 is 0. The topological polar surface area (TPSA) is 52.6 Å². The van der Waals surface area contributed by atoms with Crippen LogP contribution in [0.25, 0.3) is 0 Å². The number of methoxy groups -OCH3 is 2. The Bertz CT molecular complexity index is 840. The number of benzene rings is 2. The van der Waals surface area contributed by atoms with E-state index in [2.05, 4.69) is 24.3 Å². The third kappa shape index (κ3) is 6.69. The summed E-state index contributed by atoms with van der Waals surface area (Å²) in [6, 6.07) is 12.6. The highest BCUT2D eigenvalue weighted by Gasteiger charge is 2.14. The van der Waals surface area contributed by atoms with Gasteiger partial charge in [0.25, 0.3) is 0 Å². The first-order chi connectivity index (χ1) is 15.6. The van der Waals surface area contributed by atoms with E-state index >= 15 is 0 Å². The SMILES string of the molecule is COC(=O)c1cc2ccc1CCCCCCc1ccc(c(C(=O)OC)c1)CCCCCC2. The molecule has 6 rings (SSSR count). The van der Waals surface area contributed by atoms with E-state index in [1.165, 1.54) is 25.3 Å². The van der Waals surface area contributed by atoms with Crippen molar-refractivity contribution < 1.29 is 19.1 Å². The summed E-state index contributed by atoms with van der Waals surface area (Å²) in [5.41, 5.74) is 6.05. The lowest BCUT2D eigenvalue weighted by Gasteiger charge is -2.12. The van der Waals surface area contributed by atoms with Gasteiger partial charge in [0.05, 0.1) is 25.3 Å². The first-order valence-corrected chi connectivity index (χ1v) is 12.0. The Balaban J connectivity index is 1.72. The lowest BCUT2D eigenvalue weighted by atomic mass is 9.94. The quantitative estimate of drug-likeness (QED) is 0.521. The summed E-state index contributed by atoms with van der Waals surface area (Å²) in [6.45, 7) is 0. The van der Waals surface area contributed by atoms with Crippen molar-refractivity contribution in [3.8, 4) is 0 Å². The third-order valence-electron chi connectivity index (χ3n) is 6.48. The van der Waals surface area contributed by atoms with E-state index in [1.807, 2.05) is 12.1 Å². The minimum absolute atomic E-state index is 0.228. The molecule has 0 amide bonds. The maximum atomic E-state index is 12.3. The number of hydrogen-bond donors (Lipinski definition) is 0. The van der Waals surface area contributed by atoms with Gasteiger partial charge in [-0.25, -0.2) is 9.59 Å². The zero-order valence-electron chi connectivity index (χ0n) is 19.6. The molecule has 4 aliphatic rings. The van der Waals surface area contributed by atoms with Crippen LogP contribution in [-0.2, 0) is 35.2 Å². The van der Waals surface area contributed by atoms with Gasteiger partial charge in [-0.2, -0.15) is 0 Å². The van der Waals surface area contributed by atoms with Crippen LogP contribution in [0.4, 0.5) is 0 Å². The fraction of sp³-hybridized carbons (Fsp3) is 0.500. The fourth-order valence-corrected chi connectivity index (χ4v) is 4.59. The number of carbonyl (C=O) groups is 2. The van der Waals surface area contributed by atoms with Crippen molar-refractivity contribution >= 4 is 11.9 Å². The number of hydrogen-bond acceptors (Lipinski definition) is 4. The van der Waals surface area contributed by atoms with E-state index in [1.54, 1.807) is 0 Å². The highest BCUT2D eigenvalue weighted by molar-refractivity contribution is 5.91. The van der Waals surface area contributed by atoms with Crippen molar-refractivity contribution in [1.29, 1.82) is 0 Å². The summed E-state index contributed by atoms with van der Waals surface area (Å²) in [5, 5.41) is 0. The molecule has 0 radical (unpaired) electrons. The second-order valence-corrected chi connectivity index (χ2v) is 8.79. The Hall–Kier alpha value is -2.62. The van der Waals surface area contributed by atoms with Crippen LogP contribution in [0, 0.1) is 0 Å². The van der Waals surface area contributed by atoms with Crippen LogP contribution in [0.3, 0.4) is 0 Å². The molecule has 0 aromatic heterocycles. The van der Waals surface area contributed by atoms with Crippen molar-refractivity contribution in [2.24, 2.45) is 0 Å². The number of esters is 2. The molecule has 2 aromatic carbocycles. The van der Waals surface area contributed by atoms with Gasteiger partial charge < -0.3 is 9.47 Å². The molecule has 0 unspecified atom stereocenters. The molecule has 0 aliphatic heterocycles. The van der Waals surface area contributed by atoms with E-state index in [9.17, 15) is 9.59 Å². The van der Waals surface area contributed by atoms with Crippen LogP contribution in [0.1, 0.15) is 94.3 Å². The molecular formula is C28H36O4. The van der Waals surface area contributed by atoms with E-state index in [0.29, 0.717) is 0 Å². The van der Waals surface area contributed by atoms with Crippen molar-refractivity contribution in [3.63, 3.8) is 0 Å². The molecule has 4 heteroatoms. The maximum absolute atomic E-state index is 12.3. The average molecular weight is 437 g/mol. The number of aryl methyl sites for hydroxylation is 4. The van der Waals surface area contributed by atoms with Gasteiger partial charge in [-0.3, -0.25) is 0 Å². The molecule has 4 nitrogen and oxygen atoms in total. The standard InChI is InChI=1S/C28H36O4/c1-31-27(29)25-19-21-11-7-4-6-10-14-24-18-16-22(20-26(24)28(30)32-2)12-8-3-5-9-13-23(25)17-15-21/h15-20H,3-14H2,1-2H3. The van der Waals surface area contributed by atoms with Crippen molar-refractivity contribution in [1.82, 2.24) is 0 Å². The van der Waals surface area contributed by atoms with Crippen LogP contribution in [0.2, 0.25) is 0 Å². The monoisotopic (exact) mass is 436 g/mol. The van der Waals surface area contributed by atoms with Gasteiger partial charge in [0, 0.05) is 0 Å². The van der Waals surface area contributed by atoms with Gasteiger partial charge in [0.1, 0.15) is 0 Å². The lowest BCUT2D eigenvalue weighted by Crippen LogP contribution is -2.08. The highest BCUT2D eigenvalue weighted by Crippen LogP contribution is 2.21. The van der Waals surface area contributed by atoms with Crippen molar-refractivity contribution in [3.05, 3.63) is 69.8 Å². The maximum Gasteiger partial charge on any atom is 0.338 e. The second-order valence-electron chi connectivity index (χ2n) is 8.79. The van der Waals surface area contributed by atoms with Gasteiger partial charge in [-0.05, 0) is 85.8 Å². The predicted molar refractivity (Wildman–Crippen MR) is 127 cm³/mol. The van der Waals surface area contributed by atoms with Gasteiger partial charge in [-0.15, -0.1) is 0 Å². The molecule has 0 saturated carbocycles. The molecule has 172 valence electrons. The first kappa shape index (κ1) is 24.0. The number of rotatable bonds is 2. The number of ether oxygens (including phenoxy) is 2. The second kappa shape index (κ2) is 12.4. The van der Waals surface area contributed by atoms with Crippen LogP contribution in [0.5, 0.6) is 0 Å². The number of carbonyl (C=O) groups excluding carboxylic acids is 2. The summed E-state index contributed by atoms with van der Waals surface area (Å²) < 4.78 is 10.1. The molecule has 0 heterocycles. The van der Waals surface area contributed by atoms with Gasteiger partial charge in [0.2, 0.25) is 0 Å². The molecule has 0 N–H and O–H groups in total. The molecule has 0 atom stereocenters. The Kier molecular flexibility index (Phi) is 9.33. The zero-order chi connectivity index (χ0) is 22.8. The molecule has 4 bridgehead atoms. The smallest absolute Gasteiger partial charge is 0.338 e. The molecular weight excluding hydrogens is 400 g/mol. The minimum Gasteiger partial charge on any atom is -0.465 e. The molecule has 0 spiro atoms. The zero-order valence-corrected chi connectivity index (χ0v) is 19.6. The normalized spacial score (nSPS) is 15.8. The predicted octanol–water partition coefficient (Wildman–Crippen LogP) is 6.26. The van der Waals surface area contributed by atoms with Gasteiger partial charge >= 0.3 is 11.9 Å². The Morgan fingerprint density at radius 1 is 0.562 bits per heavy atom. The van der Waals surface area contributed by atoms with Crippen LogP contribution >= 0.6 is 0 Å². The van der Waals surface area contributed by atoms with Gasteiger partial charge in [-0.1, -0.05) is 49.9 Å². The summed E-state index contributed by atoms with van der Waals surface area (Å²) in [4.78, 5) is 24.6. The fourth-order valence-electron chi connectivity index (χ4n) is 4.59. The summed E-state index contributed by atoms with van der Waals surface area (Å²) in [5.74, 6) is -0.457. The Labute approximate surface area is 192 Å². The van der Waals surface area contributed by atoms with Crippen LogP contribution in [-0.4, -0.2) is 26.2 Å². The van der Waals surface area contributed by atoms with Crippen molar-refractivity contribution in [2.75, 3.05) is 14.2 Å². The van der Waals surface area contributed by atoms with Crippen LogP contribution < -0.4 is 0 Å². The summed E-state index contributed by atoms with van der Waals surface area (Å²) in [7, 11) is 2.92. The van der Waals surface area contributed by atoms with E-state index in [-0.39, 0.29) is 11.9 Å². The summed E-state index contributed by atoms with van der Waals surface area (Å²) in [6.07, 6.45) is 12.5. The van der Waals surface area contributed by atoms with E-state index in [0.717, 1.165) is 99.3 Å². The molecule has 2 aromatic rings. The van der Waals surface area contributed by atoms with E-state index in [4.69, 9.17) is 9.47 Å². The van der Waals surface area contributed by atoms with Crippen LogP contribution in [0.15, 0.2) is 36.4 Å². The van der Waals surface area contributed by atoms with Gasteiger partial charge in [0.15, 0.2) is 0 Å². The molecule has 0 fully saturated rings. The average Bonchev–Trinajstić information content (AvgIpc) is 2.82. The highest BCUT2D eigenvalue weighted by atomic mass is 16.5. The Morgan fingerprint density at radius 3 is 1.31 bits per heavy atom. The molecule has 32 heavy (non-hydrogen) atoms. The third-order valence-corrected chi connectivity index (χ3v) is 6.48. The molecule has 0 saturated heterocycles. The van der Waals surface area contributed by atoms with E-state index < -0.39 is 0 Å². The minimum atomic E-state index is -0.228. The van der Waals surface area contributed by atoms with Crippen molar-refractivity contribution in [2.45, 2.75) is 77.0 Å².